The lowest BCUT2D eigenvalue weighted by atomic mass is 10.1. The summed E-state index contributed by atoms with van der Waals surface area (Å²) in [5.41, 5.74) is -0.703. The number of esters is 1. The molecule has 25 heavy (non-hydrogen) atoms. The van der Waals surface area contributed by atoms with E-state index in [9.17, 15) is 9.90 Å². The molecule has 124 valence electrons. The number of thiol groups is 1. The van der Waals surface area contributed by atoms with Gasteiger partial charge in [0, 0.05) is 10.4 Å². The molecule has 9 heteroatoms. The van der Waals surface area contributed by atoms with Crippen molar-refractivity contribution < 1.29 is 19.4 Å². The Balaban J connectivity index is 3.44. The van der Waals surface area contributed by atoms with Crippen molar-refractivity contribution in [3.63, 3.8) is 0 Å². The largest absolute Gasteiger partial charge is 0.507 e. The number of carbonyl (C=O) groups is 1. The van der Waals surface area contributed by atoms with E-state index >= 15 is 0 Å². The Bertz CT molecular complexity index is 942. The number of nitriles is 4. The summed E-state index contributed by atoms with van der Waals surface area (Å²) < 4.78 is 10.2. The SMILES string of the molecule is N#CC(C#N)=c1cc(OCCOC(=O)CS)c(=C(C#N)C#N)cc1O. The molecule has 0 heterocycles. The summed E-state index contributed by atoms with van der Waals surface area (Å²) in [5, 5.41) is 45.7. The van der Waals surface area contributed by atoms with Gasteiger partial charge in [-0.25, -0.2) is 0 Å². The molecule has 0 saturated carbocycles. The number of carbonyl (C=O) groups excluding carboxylic acids is 1. The molecule has 8 nitrogen and oxygen atoms in total. The third kappa shape index (κ3) is 4.91. The van der Waals surface area contributed by atoms with E-state index < -0.39 is 11.7 Å². The van der Waals surface area contributed by atoms with Crippen molar-refractivity contribution in [2.24, 2.45) is 0 Å². The van der Waals surface area contributed by atoms with Crippen molar-refractivity contribution >= 4 is 29.7 Å². The van der Waals surface area contributed by atoms with Crippen LogP contribution >= 0.6 is 12.6 Å². The van der Waals surface area contributed by atoms with E-state index in [2.05, 4.69) is 12.6 Å². The lowest BCUT2D eigenvalue weighted by Gasteiger charge is -2.09. The topological polar surface area (TPSA) is 151 Å². The number of hydrogen-bond donors (Lipinski definition) is 2. The molecule has 0 aromatic heterocycles. The Kier molecular flexibility index (Phi) is 7.35. The van der Waals surface area contributed by atoms with Gasteiger partial charge in [0.25, 0.3) is 0 Å². The molecule has 0 radical (unpaired) electrons. The molecule has 1 aromatic carbocycles. The Morgan fingerprint density at radius 1 is 1.00 bits per heavy atom. The Hall–Kier alpha value is -3.66. The molecule has 0 aliphatic carbocycles. The van der Waals surface area contributed by atoms with E-state index in [1.54, 1.807) is 24.3 Å². The maximum absolute atomic E-state index is 11.0. The predicted octanol–water partition coefficient (Wildman–Crippen LogP) is -0.360. The van der Waals surface area contributed by atoms with Gasteiger partial charge in [-0.05, 0) is 12.1 Å². The highest BCUT2D eigenvalue weighted by molar-refractivity contribution is 7.81. The second-order valence-electron chi connectivity index (χ2n) is 4.29. The molecule has 0 aliphatic rings. The minimum atomic E-state index is -0.551. The van der Waals surface area contributed by atoms with Crippen LogP contribution in [0.3, 0.4) is 0 Å². The molecule has 0 saturated heterocycles. The molecule has 0 atom stereocenters. The quantitative estimate of drug-likeness (QED) is 0.413. The second kappa shape index (κ2) is 9.47. The van der Waals surface area contributed by atoms with Crippen LogP contribution in [0.5, 0.6) is 11.5 Å². The average Bonchev–Trinajstić information content (AvgIpc) is 2.62. The fourth-order valence-corrected chi connectivity index (χ4v) is 1.82. The Labute approximate surface area is 148 Å². The standard InChI is InChI=1S/C16H10N4O4S/c17-5-10(6-18)12-4-15(23-1-2-24-16(22)9-25)13(3-14(12)21)11(7-19)8-20/h3-4,21,25H,1-2,9H2. The molecular weight excluding hydrogens is 344 g/mol. The number of phenols is 1. The van der Waals surface area contributed by atoms with Crippen molar-refractivity contribution in [2.75, 3.05) is 19.0 Å². The lowest BCUT2D eigenvalue weighted by Crippen LogP contribution is -2.20. The number of aromatic hydroxyl groups is 1. The Morgan fingerprint density at radius 3 is 2.08 bits per heavy atom. The van der Waals surface area contributed by atoms with E-state index in [1.807, 2.05) is 0 Å². The summed E-state index contributed by atoms with van der Waals surface area (Å²) in [7, 11) is 0. The summed E-state index contributed by atoms with van der Waals surface area (Å²) in [4.78, 5) is 11.0. The maximum Gasteiger partial charge on any atom is 0.315 e. The van der Waals surface area contributed by atoms with E-state index in [0.717, 1.165) is 6.07 Å². The van der Waals surface area contributed by atoms with Crippen LogP contribution in [0.4, 0.5) is 0 Å². The number of benzene rings is 1. The minimum absolute atomic E-state index is 0.0120. The molecule has 1 rings (SSSR count). The second-order valence-corrected chi connectivity index (χ2v) is 4.61. The summed E-state index contributed by atoms with van der Waals surface area (Å²) in [5.74, 6) is -1.12. The molecule has 0 bridgehead atoms. The van der Waals surface area contributed by atoms with Crippen LogP contribution in [0.15, 0.2) is 12.1 Å². The van der Waals surface area contributed by atoms with Gasteiger partial charge in [0.05, 0.1) is 5.75 Å². The summed E-state index contributed by atoms with van der Waals surface area (Å²) in [6.07, 6.45) is 0. The van der Waals surface area contributed by atoms with Crippen molar-refractivity contribution in [3.8, 4) is 35.8 Å². The summed E-state index contributed by atoms with van der Waals surface area (Å²) >= 11 is 3.74. The first-order valence-corrected chi connectivity index (χ1v) is 7.26. The number of ether oxygens (including phenoxy) is 2. The lowest BCUT2D eigenvalue weighted by molar-refractivity contribution is -0.141. The summed E-state index contributed by atoms with van der Waals surface area (Å²) in [6.45, 7) is -0.230. The fourth-order valence-electron chi connectivity index (χ4n) is 1.73. The van der Waals surface area contributed by atoms with Crippen molar-refractivity contribution in [1.29, 1.82) is 21.0 Å². The van der Waals surface area contributed by atoms with Crippen LogP contribution in [0.1, 0.15) is 0 Å². The molecular formula is C16H10N4O4S. The molecule has 0 unspecified atom stereocenters. The fraction of sp³-hybridized carbons (Fsp3) is 0.188. The van der Waals surface area contributed by atoms with Crippen LogP contribution in [0, 0.1) is 45.3 Å². The number of phenolic OH excluding ortho intramolecular Hbond substituents is 1. The molecule has 1 aromatic rings. The predicted molar refractivity (Wildman–Crippen MR) is 86.9 cm³/mol. The third-order valence-corrected chi connectivity index (χ3v) is 3.08. The van der Waals surface area contributed by atoms with Gasteiger partial charge in [-0.2, -0.15) is 33.7 Å². The number of rotatable bonds is 5. The van der Waals surface area contributed by atoms with Gasteiger partial charge in [-0.3, -0.25) is 4.79 Å². The Morgan fingerprint density at radius 2 is 1.56 bits per heavy atom. The third-order valence-electron chi connectivity index (χ3n) is 2.82. The first kappa shape index (κ1) is 19.4. The van der Waals surface area contributed by atoms with Gasteiger partial charge >= 0.3 is 5.97 Å². The van der Waals surface area contributed by atoms with E-state index in [1.165, 1.54) is 6.07 Å². The minimum Gasteiger partial charge on any atom is -0.507 e. The highest BCUT2D eigenvalue weighted by Crippen LogP contribution is 2.09. The van der Waals surface area contributed by atoms with Crippen LogP contribution < -0.4 is 15.2 Å². The van der Waals surface area contributed by atoms with Gasteiger partial charge in [-0.15, -0.1) is 0 Å². The van der Waals surface area contributed by atoms with E-state index in [-0.39, 0.29) is 46.3 Å². The monoisotopic (exact) mass is 354 g/mol. The van der Waals surface area contributed by atoms with Crippen molar-refractivity contribution in [1.82, 2.24) is 0 Å². The molecule has 0 amide bonds. The van der Waals surface area contributed by atoms with Crippen LogP contribution in [-0.2, 0) is 9.53 Å². The zero-order valence-corrected chi connectivity index (χ0v) is 13.6. The molecule has 1 N–H and O–H groups in total. The van der Waals surface area contributed by atoms with E-state index in [0.29, 0.717) is 0 Å². The van der Waals surface area contributed by atoms with Gasteiger partial charge in [0.15, 0.2) is 0 Å². The normalized spacial score (nSPS) is 8.84. The zero-order valence-electron chi connectivity index (χ0n) is 12.7. The molecule has 0 fully saturated rings. The first-order chi connectivity index (χ1) is 12.0. The zero-order chi connectivity index (χ0) is 18.8. The summed E-state index contributed by atoms with van der Waals surface area (Å²) in [6, 6.07) is 8.80. The average molecular weight is 354 g/mol. The van der Waals surface area contributed by atoms with Gasteiger partial charge in [0.2, 0.25) is 0 Å². The van der Waals surface area contributed by atoms with Gasteiger partial charge < -0.3 is 14.6 Å². The van der Waals surface area contributed by atoms with Crippen molar-refractivity contribution in [3.05, 3.63) is 22.6 Å². The van der Waals surface area contributed by atoms with Crippen molar-refractivity contribution in [2.45, 2.75) is 0 Å². The van der Waals surface area contributed by atoms with Crippen LogP contribution in [0.25, 0.3) is 11.1 Å². The first-order valence-electron chi connectivity index (χ1n) is 6.63. The smallest absolute Gasteiger partial charge is 0.315 e. The highest BCUT2D eigenvalue weighted by atomic mass is 32.1. The number of nitrogens with zero attached hydrogens (tertiary/aromatic N) is 4. The molecule has 0 spiro atoms. The highest BCUT2D eigenvalue weighted by Gasteiger charge is 2.10. The van der Waals surface area contributed by atoms with Gasteiger partial charge in [0.1, 0.15) is 60.1 Å². The van der Waals surface area contributed by atoms with Crippen LogP contribution in [-0.4, -0.2) is 30.0 Å². The molecule has 0 aliphatic heterocycles. The maximum atomic E-state index is 11.0. The van der Waals surface area contributed by atoms with E-state index in [4.69, 9.17) is 30.5 Å². The van der Waals surface area contributed by atoms with Gasteiger partial charge in [-0.1, -0.05) is 0 Å². The van der Waals surface area contributed by atoms with Crippen LogP contribution in [0.2, 0.25) is 0 Å². The number of hydrogen-bond acceptors (Lipinski definition) is 9.